The maximum Gasteiger partial charge on any atom is 0.0277 e. The van der Waals surface area contributed by atoms with Crippen molar-refractivity contribution in [3.05, 3.63) is 0 Å². The molecule has 1 saturated heterocycles. The Morgan fingerprint density at radius 1 is 1.40 bits per heavy atom. The molecule has 1 rings (SSSR count). The maximum absolute atomic E-state index is 3.61. The van der Waals surface area contributed by atoms with E-state index in [0.29, 0.717) is 11.6 Å². The van der Waals surface area contributed by atoms with E-state index in [9.17, 15) is 0 Å². The summed E-state index contributed by atoms with van der Waals surface area (Å²) in [5, 5.41) is 3.61. The Kier molecular flexibility index (Phi) is 4.60. The Hall–Kier alpha value is -0.0800. The molecule has 0 radical (unpaired) electrons. The molecule has 90 valence electrons. The van der Waals surface area contributed by atoms with Gasteiger partial charge in [0.05, 0.1) is 0 Å². The van der Waals surface area contributed by atoms with Crippen molar-refractivity contribution >= 4 is 0 Å². The molecule has 0 saturated carbocycles. The SMILES string of the molecule is CC(C)CCN1CCC(C)NCC1(C)C. The summed E-state index contributed by atoms with van der Waals surface area (Å²) in [5.41, 5.74) is 0.319. The van der Waals surface area contributed by atoms with Crippen LogP contribution < -0.4 is 5.32 Å². The Morgan fingerprint density at radius 2 is 2.07 bits per heavy atom. The van der Waals surface area contributed by atoms with Crippen molar-refractivity contribution in [3.63, 3.8) is 0 Å². The lowest BCUT2D eigenvalue weighted by Gasteiger charge is -2.37. The van der Waals surface area contributed by atoms with Crippen LogP contribution in [0, 0.1) is 5.92 Å². The standard InChI is InChI=1S/C13H28N2/c1-11(2)6-8-15-9-7-12(3)14-10-13(15,4)5/h11-12,14H,6-10H2,1-5H3. The van der Waals surface area contributed by atoms with Gasteiger partial charge in [-0.2, -0.15) is 0 Å². The second kappa shape index (κ2) is 5.31. The minimum Gasteiger partial charge on any atom is -0.312 e. The van der Waals surface area contributed by atoms with E-state index in [4.69, 9.17) is 0 Å². The molecule has 0 amide bonds. The van der Waals surface area contributed by atoms with E-state index >= 15 is 0 Å². The van der Waals surface area contributed by atoms with Gasteiger partial charge in [-0.05, 0) is 46.1 Å². The first-order chi connectivity index (χ1) is 6.92. The first kappa shape index (κ1) is 13.0. The van der Waals surface area contributed by atoms with Gasteiger partial charge < -0.3 is 5.32 Å². The van der Waals surface area contributed by atoms with Crippen LogP contribution >= 0.6 is 0 Å². The lowest BCUT2D eigenvalue weighted by atomic mass is 10.0. The zero-order valence-corrected chi connectivity index (χ0v) is 11.1. The Bertz CT molecular complexity index is 187. The second-order valence-corrected chi connectivity index (χ2v) is 6.05. The van der Waals surface area contributed by atoms with Crippen LogP contribution in [0.1, 0.15) is 47.5 Å². The Morgan fingerprint density at radius 3 is 2.67 bits per heavy atom. The van der Waals surface area contributed by atoms with Crippen LogP contribution in [0.15, 0.2) is 0 Å². The quantitative estimate of drug-likeness (QED) is 0.773. The van der Waals surface area contributed by atoms with E-state index in [2.05, 4.69) is 44.8 Å². The van der Waals surface area contributed by atoms with Gasteiger partial charge in [0, 0.05) is 24.7 Å². The highest BCUT2D eigenvalue weighted by Crippen LogP contribution is 2.19. The average molecular weight is 212 g/mol. The predicted molar refractivity (Wildman–Crippen MR) is 67.2 cm³/mol. The van der Waals surface area contributed by atoms with Gasteiger partial charge in [0.15, 0.2) is 0 Å². The van der Waals surface area contributed by atoms with Gasteiger partial charge in [0.2, 0.25) is 0 Å². The second-order valence-electron chi connectivity index (χ2n) is 6.05. The molecule has 0 aromatic rings. The zero-order valence-electron chi connectivity index (χ0n) is 11.1. The largest absolute Gasteiger partial charge is 0.312 e. The topological polar surface area (TPSA) is 15.3 Å². The highest BCUT2D eigenvalue weighted by Gasteiger charge is 2.29. The molecule has 0 spiro atoms. The van der Waals surface area contributed by atoms with E-state index in [1.807, 2.05) is 0 Å². The summed E-state index contributed by atoms with van der Waals surface area (Å²) in [6.45, 7) is 15.2. The fourth-order valence-corrected chi connectivity index (χ4v) is 2.12. The lowest BCUT2D eigenvalue weighted by molar-refractivity contribution is 0.126. The molecule has 0 bridgehead atoms. The molecule has 1 fully saturated rings. The Balaban J connectivity index is 2.51. The molecule has 0 aromatic carbocycles. The van der Waals surface area contributed by atoms with Crippen molar-refractivity contribution in [2.45, 2.75) is 59.0 Å². The third-order valence-corrected chi connectivity index (χ3v) is 3.55. The van der Waals surface area contributed by atoms with Crippen LogP contribution in [0.3, 0.4) is 0 Å². The minimum atomic E-state index is 0.319. The fourth-order valence-electron chi connectivity index (χ4n) is 2.12. The summed E-state index contributed by atoms with van der Waals surface area (Å²) >= 11 is 0. The normalized spacial score (nSPS) is 28.0. The van der Waals surface area contributed by atoms with Crippen molar-refractivity contribution in [1.29, 1.82) is 0 Å². The summed E-state index contributed by atoms with van der Waals surface area (Å²) < 4.78 is 0. The van der Waals surface area contributed by atoms with Crippen LogP contribution in [0.25, 0.3) is 0 Å². The van der Waals surface area contributed by atoms with Gasteiger partial charge in [-0.25, -0.2) is 0 Å². The first-order valence-electron chi connectivity index (χ1n) is 6.40. The summed E-state index contributed by atoms with van der Waals surface area (Å²) in [6.07, 6.45) is 2.60. The average Bonchev–Trinajstić information content (AvgIpc) is 2.24. The monoisotopic (exact) mass is 212 g/mol. The third kappa shape index (κ3) is 4.12. The van der Waals surface area contributed by atoms with Crippen molar-refractivity contribution in [3.8, 4) is 0 Å². The van der Waals surface area contributed by atoms with Crippen molar-refractivity contribution in [2.75, 3.05) is 19.6 Å². The van der Waals surface area contributed by atoms with Gasteiger partial charge in [-0.3, -0.25) is 4.90 Å². The molecule has 0 aliphatic carbocycles. The van der Waals surface area contributed by atoms with Crippen molar-refractivity contribution in [1.82, 2.24) is 10.2 Å². The lowest BCUT2D eigenvalue weighted by Crippen LogP contribution is -2.49. The summed E-state index contributed by atoms with van der Waals surface area (Å²) in [7, 11) is 0. The van der Waals surface area contributed by atoms with E-state index in [1.54, 1.807) is 0 Å². The van der Waals surface area contributed by atoms with Crippen molar-refractivity contribution < 1.29 is 0 Å². The molecule has 2 nitrogen and oxygen atoms in total. The molecule has 0 aromatic heterocycles. The number of hydrogen-bond acceptors (Lipinski definition) is 2. The van der Waals surface area contributed by atoms with Gasteiger partial charge in [-0.15, -0.1) is 0 Å². The number of nitrogens with one attached hydrogen (secondary N) is 1. The van der Waals surface area contributed by atoms with Crippen LogP contribution in [0.4, 0.5) is 0 Å². The smallest absolute Gasteiger partial charge is 0.0277 e. The van der Waals surface area contributed by atoms with Crippen LogP contribution in [-0.4, -0.2) is 36.1 Å². The summed E-state index contributed by atoms with van der Waals surface area (Å²) in [5.74, 6) is 0.814. The van der Waals surface area contributed by atoms with Crippen LogP contribution in [0.5, 0.6) is 0 Å². The van der Waals surface area contributed by atoms with Crippen LogP contribution in [0.2, 0.25) is 0 Å². The van der Waals surface area contributed by atoms with E-state index in [1.165, 1.54) is 25.9 Å². The fraction of sp³-hybridized carbons (Fsp3) is 1.00. The molecule has 1 atom stereocenters. The van der Waals surface area contributed by atoms with Gasteiger partial charge >= 0.3 is 0 Å². The first-order valence-corrected chi connectivity index (χ1v) is 6.40. The molecule has 1 unspecified atom stereocenters. The predicted octanol–water partition coefficient (Wildman–Crippen LogP) is 2.49. The van der Waals surface area contributed by atoms with Crippen LogP contribution in [-0.2, 0) is 0 Å². The van der Waals surface area contributed by atoms with E-state index in [0.717, 1.165) is 12.5 Å². The van der Waals surface area contributed by atoms with E-state index < -0.39 is 0 Å². The molecule has 15 heavy (non-hydrogen) atoms. The van der Waals surface area contributed by atoms with E-state index in [-0.39, 0.29) is 0 Å². The van der Waals surface area contributed by atoms with Gasteiger partial charge in [-0.1, -0.05) is 13.8 Å². The summed E-state index contributed by atoms with van der Waals surface area (Å²) in [4.78, 5) is 2.66. The Labute approximate surface area is 95.4 Å². The van der Waals surface area contributed by atoms with Gasteiger partial charge in [0.25, 0.3) is 0 Å². The maximum atomic E-state index is 3.61. The molecule has 1 heterocycles. The van der Waals surface area contributed by atoms with Gasteiger partial charge in [0.1, 0.15) is 0 Å². The molecule has 1 N–H and O–H groups in total. The highest BCUT2D eigenvalue weighted by molar-refractivity contribution is 4.88. The zero-order chi connectivity index (χ0) is 11.5. The molecule has 1 aliphatic rings. The molecular weight excluding hydrogens is 184 g/mol. The molecular formula is C13H28N2. The molecule has 2 heteroatoms. The molecule has 1 aliphatic heterocycles. The number of nitrogens with zero attached hydrogens (tertiary/aromatic N) is 1. The summed E-state index contributed by atoms with van der Waals surface area (Å²) in [6, 6.07) is 0.674. The number of rotatable bonds is 3. The number of hydrogen-bond donors (Lipinski definition) is 1. The third-order valence-electron chi connectivity index (χ3n) is 3.55. The van der Waals surface area contributed by atoms with Crippen molar-refractivity contribution in [2.24, 2.45) is 5.92 Å². The minimum absolute atomic E-state index is 0.319. The highest BCUT2D eigenvalue weighted by atomic mass is 15.2.